The average molecular weight is 242 g/mol. The van der Waals surface area contributed by atoms with E-state index < -0.39 is 0 Å². The van der Waals surface area contributed by atoms with Gasteiger partial charge in [-0.05, 0) is 36.7 Å². The summed E-state index contributed by atoms with van der Waals surface area (Å²) in [6, 6.07) is 12.9. The molecule has 1 fully saturated rings. The molecule has 0 aliphatic heterocycles. The van der Waals surface area contributed by atoms with Crippen LogP contribution in [0.3, 0.4) is 0 Å². The lowest BCUT2D eigenvalue weighted by Crippen LogP contribution is -2.48. The van der Waals surface area contributed by atoms with Crippen molar-refractivity contribution in [2.75, 3.05) is 0 Å². The number of hydrogen-bond donors (Lipinski definition) is 1. The summed E-state index contributed by atoms with van der Waals surface area (Å²) < 4.78 is 0. The van der Waals surface area contributed by atoms with Gasteiger partial charge >= 0.3 is 0 Å². The number of benzene rings is 1. The van der Waals surface area contributed by atoms with Gasteiger partial charge in [-0.1, -0.05) is 44.2 Å². The van der Waals surface area contributed by atoms with Gasteiger partial charge in [0.05, 0.1) is 6.07 Å². The van der Waals surface area contributed by atoms with Crippen molar-refractivity contribution in [1.82, 2.24) is 5.32 Å². The van der Waals surface area contributed by atoms with Gasteiger partial charge in [-0.25, -0.2) is 0 Å². The molecule has 0 amide bonds. The minimum atomic E-state index is -0.326. The van der Waals surface area contributed by atoms with E-state index in [-0.39, 0.29) is 5.54 Å². The van der Waals surface area contributed by atoms with E-state index in [2.05, 4.69) is 37.4 Å². The number of nitriles is 1. The molecule has 1 aromatic rings. The molecule has 0 spiro atoms. The maximum atomic E-state index is 9.54. The van der Waals surface area contributed by atoms with Gasteiger partial charge in [0.25, 0.3) is 0 Å². The molecule has 1 aromatic carbocycles. The highest BCUT2D eigenvalue weighted by atomic mass is 15.0. The van der Waals surface area contributed by atoms with Crippen LogP contribution < -0.4 is 5.32 Å². The summed E-state index contributed by atoms with van der Waals surface area (Å²) >= 11 is 0. The Bertz CT molecular complexity index is 408. The fourth-order valence-electron chi connectivity index (χ4n) is 3.27. The molecule has 18 heavy (non-hydrogen) atoms. The normalized spacial score (nSPS) is 31.8. The van der Waals surface area contributed by atoms with E-state index in [9.17, 15) is 5.26 Å². The number of rotatable bonds is 3. The lowest BCUT2D eigenvalue weighted by atomic mass is 9.72. The van der Waals surface area contributed by atoms with E-state index in [0.29, 0.717) is 11.8 Å². The monoisotopic (exact) mass is 242 g/mol. The standard InChI is InChI=1S/C16H22N2/c1-13-8-14(2)10-16(9-13,12-17)18-11-15-6-4-3-5-7-15/h3-7,13-14,18H,8-11H2,1-2H3. The maximum absolute atomic E-state index is 9.54. The zero-order valence-electron chi connectivity index (χ0n) is 11.3. The highest BCUT2D eigenvalue weighted by molar-refractivity contribution is 5.17. The Labute approximate surface area is 110 Å². The van der Waals surface area contributed by atoms with Crippen LogP contribution in [0.15, 0.2) is 30.3 Å². The minimum Gasteiger partial charge on any atom is -0.295 e. The Morgan fingerprint density at radius 2 is 1.83 bits per heavy atom. The van der Waals surface area contributed by atoms with Gasteiger partial charge in [-0.15, -0.1) is 0 Å². The fraction of sp³-hybridized carbons (Fsp3) is 0.562. The lowest BCUT2D eigenvalue weighted by Gasteiger charge is -2.38. The molecule has 2 rings (SSSR count). The molecule has 2 nitrogen and oxygen atoms in total. The molecule has 96 valence electrons. The third kappa shape index (κ3) is 3.11. The predicted octanol–water partition coefficient (Wildman–Crippen LogP) is 3.49. The van der Waals surface area contributed by atoms with Crippen LogP contribution in [0.25, 0.3) is 0 Å². The van der Waals surface area contributed by atoms with E-state index in [0.717, 1.165) is 19.4 Å². The van der Waals surface area contributed by atoms with Crippen LogP contribution in [0.1, 0.15) is 38.7 Å². The Morgan fingerprint density at radius 3 is 2.39 bits per heavy atom. The molecule has 0 aromatic heterocycles. The smallest absolute Gasteiger partial charge is 0.107 e. The van der Waals surface area contributed by atoms with Gasteiger partial charge in [0, 0.05) is 6.54 Å². The molecule has 0 heterocycles. The van der Waals surface area contributed by atoms with Crippen LogP contribution in [-0.2, 0) is 6.54 Å². The molecule has 0 saturated heterocycles. The molecular weight excluding hydrogens is 220 g/mol. The number of hydrogen-bond acceptors (Lipinski definition) is 2. The summed E-state index contributed by atoms with van der Waals surface area (Å²) in [5, 5.41) is 13.0. The molecule has 1 aliphatic carbocycles. The summed E-state index contributed by atoms with van der Waals surface area (Å²) in [6.45, 7) is 5.30. The summed E-state index contributed by atoms with van der Waals surface area (Å²) in [5.41, 5.74) is 0.922. The molecule has 1 aliphatic rings. The summed E-state index contributed by atoms with van der Waals surface area (Å²) in [5.74, 6) is 1.27. The van der Waals surface area contributed by atoms with Crippen LogP contribution in [0.5, 0.6) is 0 Å². The van der Waals surface area contributed by atoms with Crippen LogP contribution >= 0.6 is 0 Å². The highest BCUT2D eigenvalue weighted by Gasteiger charge is 2.37. The highest BCUT2D eigenvalue weighted by Crippen LogP contribution is 2.35. The Balaban J connectivity index is 2.03. The SMILES string of the molecule is CC1CC(C)CC(C#N)(NCc2ccccc2)C1. The predicted molar refractivity (Wildman–Crippen MR) is 73.8 cm³/mol. The van der Waals surface area contributed by atoms with Crippen molar-refractivity contribution in [1.29, 1.82) is 5.26 Å². The summed E-state index contributed by atoms with van der Waals surface area (Å²) in [4.78, 5) is 0. The van der Waals surface area contributed by atoms with Crippen LogP contribution in [-0.4, -0.2) is 5.54 Å². The fourth-order valence-corrected chi connectivity index (χ4v) is 3.27. The Hall–Kier alpha value is -1.33. The van der Waals surface area contributed by atoms with E-state index in [4.69, 9.17) is 0 Å². The minimum absolute atomic E-state index is 0.326. The van der Waals surface area contributed by atoms with Gasteiger partial charge in [0.1, 0.15) is 5.54 Å². The first-order valence-electron chi connectivity index (χ1n) is 6.84. The zero-order valence-corrected chi connectivity index (χ0v) is 11.3. The Kier molecular flexibility index (Phi) is 4.04. The molecular formula is C16H22N2. The second kappa shape index (κ2) is 5.54. The molecule has 2 atom stereocenters. The average Bonchev–Trinajstić information content (AvgIpc) is 2.37. The first kappa shape index (κ1) is 13.1. The van der Waals surface area contributed by atoms with Crippen molar-refractivity contribution < 1.29 is 0 Å². The van der Waals surface area contributed by atoms with Crippen molar-refractivity contribution in [2.24, 2.45) is 11.8 Å². The molecule has 0 bridgehead atoms. The van der Waals surface area contributed by atoms with Crippen LogP contribution in [0.2, 0.25) is 0 Å². The molecule has 1 N–H and O–H groups in total. The molecule has 2 unspecified atom stereocenters. The summed E-state index contributed by atoms with van der Waals surface area (Å²) in [6.07, 6.45) is 3.19. The topological polar surface area (TPSA) is 35.8 Å². The quantitative estimate of drug-likeness (QED) is 0.880. The first-order valence-corrected chi connectivity index (χ1v) is 6.84. The third-order valence-electron chi connectivity index (χ3n) is 3.89. The van der Waals surface area contributed by atoms with E-state index in [1.807, 2.05) is 18.2 Å². The second-order valence-electron chi connectivity index (χ2n) is 5.89. The van der Waals surface area contributed by atoms with Gasteiger partial charge in [0.15, 0.2) is 0 Å². The molecule has 0 radical (unpaired) electrons. The zero-order chi connectivity index (χ0) is 13.0. The van der Waals surface area contributed by atoms with Crippen molar-refractivity contribution in [3.05, 3.63) is 35.9 Å². The van der Waals surface area contributed by atoms with Crippen molar-refractivity contribution in [3.63, 3.8) is 0 Å². The van der Waals surface area contributed by atoms with Gasteiger partial charge in [-0.3, -0.25) is 5.32 Å². The van der Waals surface area contributed by atoms with E-state index in [1.54, 1.807) is 0 Å². The largest absolute Gasteiger partial charge is 0.295 e. The number of nitrogens with one attached hydrogen (secondary N) is 1. The molecule has 1 saturated carbocycles. The van der Waals surface area contributed by atoms with E-state index in [1.165, 1.54) is 12.0 Å². The maximum Gasteiger partial charge on any atom is 0.107 e. The Morgan fingerprint density at radius 1 is 1.22 bits per heavy atom. The van der Waals surface area contributed by atoms with Crippen molar-refractivity contribution in [2.45, 2.75) is 45.2 Å². The van der Waals surface area contributed by atoms with Crippen LogP contribution in [0, 0.1) is 23.2 Å². The summed E-state index contributed by atoms with van der Waals surface area (Å²) in [7, 11) is 0. The first-order chi connectivity index (χ1) is 8.63. The third-order valence-corrected chi connectivity index (χ3v) is 3.89. The van der Waals surface area contributed by atoms with Crippen molar-refractivity contribution in [3.8, 4) is 6.07 Å². The lowest BCUT2D eigenvalue weighted by molar-refractivity contribution is 0.188. The van der Waals surface area contributed by atoms with Gasteiger partial charge in [-0.2, -0.15) is 5.26 Å². The van der Waals surface area contributed by atoms with Gasteiger partial charge in [0.2, 0.25) is 0 Å². The second-order valence-corrected chi connectivity index (χ2v) is 5.89. The number of nitrogens with zero attached hydrogens (tertiary/aromatic N) is 1. The van der Waals surface area contributed by atoms with Crippen LogP contribution in [0.4, 0.5) is 0 Å². The van der Waals surface area contributed by atoms with Gasteiger partial charge < -0.3 is 0 Å². The van der Waals surface area contributed by atoms with E-state index >= 15 is 0 Å². The van der Waals surface area contributed by atoms with Crippen molar-refractivity contribution >= 4 is 0 Å². The molecule has 2 heteroatoms.